The lowest BCUT2D eigenvalue weighted by Crippen LogP contribution is -2.50. The largest absolute Gasteiger partial charge is 0.480 e. The van der Waals surface area contributed by atoms with Gasteiger partial charge in [0.05, 0.1) is 16.7 Å². The molecule has 1 aliphatic rings. The first-order chi connectivity index (χ1) is 12.6. The molecule has 2 N–H and O–H groups in total. The molecule has 3 aromatic heterocycles. The van der Waals surface area contributed by atoms with Crippen LogP contribution in [0.2, 0.25) is 0 Å². The molecule has 134 valence electrons. The summed E-state index contributed by atoms with van der Waals surface area (Å²) in [5.41, 5.74) is -0.329. The molecule has 0 bridgehead atoms. The number of hydrogen-bond acceptors (Lipinski definition) is 8. The van der Waals surface area contributed by atoms with Gasteiger partial charge in [-0.2, -0.15) is 0 Å². The standard InChI is InChI=1S/C17H17N5O2S2/c1-10-8-21-15(26-10)14-11(12-9-18-2-3-19-12)6-17(22-14,16(23)24)7-13-20-4-5-25-13/h2-5,8-9,11,14,22H,6-7H2,1H3,(H,23,24)/t11-,14-,17-/m1/s1. The van der Waals surface area contributed by atoms with Crippen LogP contribution < -0.4 is 5.32 Å². The molecule has 1 aliphatic heterocycles. The summed E-state index contributed by atoms with van der Waals surface area (Å²) in [5, 5.41) is 17.0. The minimum absolute atomic E-state index is 0.120. The van der Waals surface area contributed by atoms with Gasteiger partial charge in [0.15, 0.2) is 0 Å². The maximum absolute atomic E-state index is 12.3. The molecule has 4 rings (SSSR count). The Morgan fingerprint density at radius 2 is 2.19 bits per heavy atom. The summed E-state index contributed by atoms with van der Waals surface area (Å²) in [4.78, 5) is 30.7. The van der Waals surface area contributed by atoms with E-state index in [9.17, 15) is 9.90 Å². The third-order valence-corrected chi connectivity index (χ3v) is 6.39. The van der Waals surface area contributed by atoms with Gasteiger partial charge >= 0.3 is 5.97 Å². The lowest BCUT2D eigenvalue weighted by atomic mass is 9.87. The Morgan fingerprint density at radius 3 is 2.81 bits per heavy atom. The topological polar surface area (TPSA) is 101 Å². The van der Waals surface area contributed by atoms with E-state index in [0.717, 1.165) is 20.6 Å². The molecule has 1 fully saturated rings. The highest BCUT2D eigenvalue weighted by Gasteiger charge is 2.52. The normalized spacial score (nSPS) is 25.4. The van der Waals surface area contributed by atoms with E-state index in [1.807, 2.05) is 18.5 Å². The number of rotatable bonds is 5. The van der Waals surface area contributed by atoms with E-state index >= 15 is 0 Å². The second-order valence-corrected chi connectivity index (χ2v) is 8.61. The number of thiazole rings is 2. The van der Waals surface area contributed by atoms with Crippen LogP contribution in [0.4, 0.5) is 0 Å². The fourth-order valence-electron chi connectivity index (χ4n) is 3.42. The monoisotopic (exact) mass is 387 g/mol. The Kier molecular flexibility index (Phi) is 4.51. The number of aliphatic carboxylic acids is 1. The van der Waals surface area contributed by atoms with Crippen LogP contribution >= 0.6 is 22.7 Å². The van der Waals surface area contributed by atoms with E-state index in [1.54, 1.807) is 36.1 Å². The first kappa shape index (κ1) is 17.2. The average Bonchev–Trinajstić information content (AvgIpc) is 3.36. The number of carboxylic acid groups (broad SMARTS) is 1. The SMILES string of the molecule is Cc1cnc([C@@H]2N[C@](Cc3nccs3)(C(=O)O)C[C@@H]2c2cnccn2)s1. The molecule has 9 heteroatoms. The minimum atomic E-state index is -1.11. The van der Waals surface area contributed by atoms with E-state index in [-0.39, 0.29) is 12.0 Å². The molecule has 4 heterocycles. The van der Waals surface area contributed by atoms with Crippen molar-refractivity contribution in [3.8, 4) is 0 Å². The van der Waals surface area contributed by atoms with Crippen molar-refractivity contribution >= 4 is 28.6 Å². The maximum atomic E-state index is 12.3. The highest BCUT2D eigenvalue weighted by molar-refractivity contribution is 7.11. The second-order valence-electron chi connectivity index (χ2n) is 6.36. The highest BCUT2D eigenvalue weighted by atomic mass is 32.1. The molecule has 26 heavy (non-hydrogen) atoms. The summed E-state index contributed by atoms with van der Waals surface area (Å²) < 4.78 is 0. The Morgan fingerprint density at radius 1 is 1.31 bits per heavy atom. The molecule has 0 saturated carbocycles. The molecular formula is C17H17N5O2S2. The van der Waals surface area contributed by atoms with Gasteiger partial charge < -0.3 is 5.11 Å². The molecule has 1 saturated heterocycles. The Balaban J connectivity index is 1.74. The van der Waals surface area contributed by atoms with Gasteiger partial charge in [0, 0.05) is 53.6 Å². The predicted octanol–water partition coefficient (Wildman–Crippen LogP) is 2.58. The number of aryl methyl sites for hydroxylation is 1. The van der Waals surface area contributed by atoms with Crippen molar-refractivity contribution in [1.82, 2.24) is 25.3 Å². The number of nitrogens with zero attached hydrogens (tertiary/aromatic N) is 4. The first-order valence-electron chi connectivity index (χ1n) is 8.15. The van der Waals surface area contributed by atoms with Gasteiger partial charge in [-0.15, -0.1) is 22.7 Å². The second kappa shape index (κ2) is 6.82. The van der Waals surface area contributed by atoms with Crippen molar-refractivity contribution in [3.05, 3.63) is 57.0 Å². The zero-order valence-electron chi connectivity index (χ0n) is 14.0. The predicted molar refractivity (Wildman–Crippen MR) is 98.3 cm³/mol. The number of carbonyl (C=O) groups is 1. The Bertz CT molecular complexity index is 899. The van der Waals surface area contributed by atoms with Crippen LogP contribution in [0.15, 0.2) is 36.4 Å². The van der Waals surface area contributed by atoms with Gasteiger partial charge in [-0.05, 0) is 13.3 Å². The molecule has 0 aliphatic carbocycles. The zero-order valence-corrected chi connectivity index (χ0v) is 15.6. The van der Waals surface area contributed by atoms with Crippen LogP contribution in [0.1, 0.15) is 39.0 Å². The molecule has 3 atom stereocenters. The fourth-order valence-corrected chi connectivity index (χ4v) is 5.05. The summed E-state index contributed by atoms with van der Waals surface area (Å²) in [5.74, 6) is -0.998. The van der Waals surface area contributed by atoms with Crippen LogP contribution in [0.5, 0.6) is 0 Å². The van der Waals surface area contributed by atoms with Gasteiger partial charge in [0.1, 0.15) is 10.5 Å². The third kappa shape index (κ3) is 3.13. The summed E-state index contributed by atoms with van der Waals surface area (Å²) in [6, 6.07) is -0.221. The van der Waals surface area contributed by atoms with Crippen LogP contribution in [0.25, 0.3) is 0 Å². The molecule has 0 spiro atoms. The van der Waals surface area contributed by atoms with E-state index in [2.05, 4.69) is 25.3 Å². The van der Waals surface area contributed by atoms with Gasteiger partial charge in [-0.1, -0.05) is 0 Å². The van der Waals surface area contributed by atoms with E-state index in [1.165, 1.54) is 11.3 Å². The number of hydrogen-bond donors (Lipinski definition) is 2. The van der Waals surface area contributed by atoms with Gasteiger partial charge in [0.2, 0.25) is 0 Å². The summed E-state index contributed by atoms with van der Waals surface area (Å²) in [7, 11) is 0. The minimum Gasteiger partial charge on any atom is -0.480 e. The van der Waals surface area contributed by atoms with Gasteiger partial charge in [-0.25, -0.2) is 9.97 Å². The molecular weight excluding hydrogens is 370 g/mol. The van der Waals surface area contributed by atoms with Crippen molar-refractivity contribution in [3.63, 3.8) is 0 Å². The number of nitrogens with one attached hydrogen (secondary N) is 1. The van der Waals surface area contributed by atoms with Crippen molar-refractivity contribution in [2.45, 2.75) is 37.3 Å². The van der Waals surface area contributed by atoms with Crippen LogP contribution in [-0.4, -0.2) is 36.6 Å². The van der Waals surface area contributed by atoms with Gasteiger partial charge in [-0.3, -0.25) is 20.1 Å². The van der Waals surface area contributed by atoms with E-state index in [4.69, 9.17) is 0 Å². The molecule has 7 nitrogen and oxygen atoms in total. The zero-order chi connectivity index (χ0) is 18.1. The maximum Gasteiger partial charge on any atom is 0.324 e. The molecule has 0 unspecified atom stereocenters. The Labute approximate surface area is 158 Å². The van der Waals surface area contributed by atoms with Crippen LogP contribution in [0.3, 0.4) is 0 Å². The van der Waals surface area contributed by atoms with Crippen molar-refractivity contribution in [1.29, 1.82) is 0 Å². The number of aromatic nitrogens is 4. The van der Waals surface area contributed by atoms with Crippen LogP contribution in [0, 0.1) is 6.92 Å². The summed E-state index contributed by atoms with van der Waals surface area (Å²) in [6.45, 7) is 1.99. The van der Waals surface area contributed by atoms with Crippen molar-refractivity contribution < 1.29 is 9.90 Å². The van der Waals surface area contributed by atoms with E-state index in [0.29, 0.717) is 12.8 Å². The summed E-state index contributed by atoms with van der Waals surface area (Å²) in [6.07, 6.45) is 9.22. The fraction of sp³-hybridized carbons (Fsp3) is 0.353. The lowest BCUT2D eigenvalue weighted by molar-refractivity contribution is -0.144. The lowest BCUT2D eigenvalue weighted by Gasteiger charge is -2.24. The van der Waals surface area contributed by atoms with Gasteiger partial charge in [0.25, 0.3) is 0 Å². The number of carboxylic acids is 1. The highest BCUT2D eigenvalue weighted by Crippen LogP contribution is 2.46. The molecule has 0 amide bonds. The quantitative estimate of drug-likeness (QED) is 0.694. The molecule has 0 radical (unpaired) electrons. The molecule has 3 aromatic rings. The van der Waals surface area contributed by atoms with Crippen LogP contribution in [-0.2, 0) is 11.2 Å². The first-order valence-corrected chi connectivity index (χ1v) is 9.85. The molecule has 0 aromatic carbocycles. The average molecular weight is 387 g/mol. The smallest absolute Gasteiger partial charge is 0.324 e. The van der Waals surface area contributed by atoms with Crippen molar-refractivity contribution in [2.24, 2.45) is 0 Å². The van der Waals surface area contributed by atoms with E-state index < -0.39 is 11.5 Å². The Hall–Kier alpha value is -2.23. The van der Waals surface area contributed by atoms with Crippen molar-refractivity contribution in [2.75, 3.05) is 0 Å². The third-order valence-electron chi connectivity index (χ3n) is 4.62. The summed E-state index contributed by atoms with van der Waals surface area (Å²) >= 11 is 3.04.